The van der Waals surface area contributed by atoms with Crippen molar-refractivity contribution >= 4 is 17.9 Å². The highest BCUT2D eigenvalue weighted by Crippen LogP contribution is 2.05. The topological polar surface area (TPSA) is 97.4 Å². The average Bonchev–Trinajstić information content (AvgIpc) is 2.92. The third-order valence-electron chi connectivity index (χ3n) is 2.89. The van der Waals surface area contributed by atoms with Crippen LogP contribution in [0.15, 0.2) is 35.7 Å². The normalized spacial score (nSPS) is 11.2. The van der Waals surface area contributed by atoms with Crippen LogP contribution in [0.3, 0.4) is 0 Å². The van der Waals surface area contributed by atoms with Crippen molar-refractivity contribution in [2.24, 2.45) is 5.10 Å². The molecule has 1 N–H and O–H groups in total. The van der Waals surface area contributed by atoms with Crippen molar-refractivity contribution in [3.8, 4) is 0 Å². The number of pyridine rings is 1. The van der Waals surface area contributed by atoms with E-state index in [1.54, 1.807) is 18.5 Å². The summed E-state index contributed by atoms with van der Waals surface area (Å²) in [7, 11) is 0. The smallest absolute Gasteiger partial charge is 0.264 e. The fourth-order valence-electron chi connectivity index (χ4n) is 1.93. The summed E-state index contributed by atoms with van der Waals surface area (Å²) in [6, 6.07) is 5.47. The number of rotatable bonds is 3. The van der Waals surface area contributed by atoms with Crippen molar-refractivity contribution in [2.75, 3.05) is 0 Å². The summed E-state index contributed by atoms with van der Waals surface area (Å²) in [4.78, 5) is 24.3. The lowest BCUT2D eigenvalue weighted by atomic mass is 10.3. The summed E-state index contributed by atoms with van der Waals surface area (Å²) in [5.41, 5.74) is 4.83. The van der Waals surface area contributed by atoms with Crippen LogP contribution >= 0.6 is 0 Å². The van der Waals surface area contributed by atoms with Gasteiger partial charge in [-0.15, -0.1) is 5.10 Å². The summed E-state index contributed by atoms with van der Waals surface area (Å²) < 4.78 is 1.52. The molecule has 0 fully saturated rings. The van der Waals surface area contributed by atoms with Crippen LogP contribution in [0.2, 0.25) is 0 Å². The van der Waals surface area contributed by atoms with Gasteiger partial charge >= 0.3 is 5.91 Å². The van der Waals surface area contributed by atoms with Gasteiger partial charge in [-0.05, 0) is 26.0 Å². The molecule has 1 amide bonds. The number of hydrogen-bond acceptors (Lipinski definition) is 6. The van der Waals surface area contributed by atoms with Crippen LogP contribution in [0.25, 0.3) is 5.78 Å². The van der Waals surface area contributed by atoms with Crippen molar-refractivity contribution in [2.45, 2.75) is 13.8 Å². The highest BCUT2D eigenvalue weighted by atomic mass is 16.2. The van der Waals surface area contributed by atoms with E-state index in [1.165, 1.54) is 10.7 Å². The van der Waals surface area contributed by atoms with Crippen LogP contribution in [-0.4, -0.2) is 36.7 Å². The molecule has 0 bridgehead atoms. The Morgan fingerprint density at radius 3 is 3.00 bits per heavy atom. The van der Waals surface area contributed by atoms with Gasteiger partial charge in [0.15, 0.2) is 0 Å². The molecule has 0 saturated heterocycles. The molecule has 110 valence electrons. The Morgan fingerprint density at radius 1 is 1.36 bits per heavy atom. The summed E-state index contributed by atoms with van der Waals surface area (Å²) in [6.07, 6.45) is 4.79. The molecule has 0 aliphatic carbocycles. The van der Waals surface area contributed by atoms with Gasteiger partial charge in [-0.25, -0.2) is 14.9 Å². The lowest BCUT2D eigenvalue weighted by Crippen LogP contribution is -2.19. The first-order valence-corrected chi connectivity index (χ1v) is 6.58. The maximum atomic E-state index is 12.0. The lowest BCUT2D eigenvalue weighted by molar-refractivity contribution is 0.0945. The van der Waals surface area contributed by atoms with Crippen LogP contribution in [0.5, 0.6) is 0 Å². The first-order chi connectivity index (χ1) is 10.6. The van der Waals surface area contributed by atoms with Gasteiger partial charge in [-0.3, -0.25) is 9.78 Å². The number of nitrogens with one attached hydrogen (secondary N) is 1. The Balaban J connectivity index is 1.78. The third kappa shape index (κ3) is 2.80. The fraction of sp³-hybridized carbons (Fsp3) is 0.143. The Bertz CT molecular complexity index is 854. The van der Waals surface area contributed by atoms with Crippen molar-refractivity contribution < 1.29 is 4.79 Å². The minimum Gasteiger partial charge on any atom is -0.264 e. The summed E-state index contributed by atoms with van der Waals surface area (Å²) >= 11 is 0. The van der Waals surface area contributed by atoms with Crippen molar-refractivity contribution in [1.82, 2.24) is 30.0 Å². The van der Waals surface area contributed by atoms with E-state index in [4.69, 9.17) is 0 Å². The van der Waals surface area contributed by atoms with Crippen molar-refractivity contribution in [3.05, 3.63) is 53.4 Å². The van der Waals surface area contributed by atoms with Crippen LogP contribution in [0, 0.1) is 13.8 Å². The van der Waals surface area contributed by atoms with Gasteiger partial charge in [-0.2, -0.15) is 10.1 Å². The number of aryl methyl sites for hydroxylation is 2. The highest BCUT2D eigenvalue weighted by molar-refractivity contribution is 5.91. The summed E-state index contributed by atoms with van der Waals surface area (Å²) in [6.45, 7) is 3.73. The van der Waals surface area contributed by atoms with E-state index in [-0.39, 0.29) is 5.82 Å². The second-order valence-electron chi connectivity index (χ2n) is 4.67. The van der Waals surface area contributed by atoms with E-state index in [9.17, 15) is 4.79 Å². The minimum atomic E-state index is -0.498. The number of hydrazone groups is 1. The number of carbonyl (C=O) groups excluding carboxylic acids is 1. The van der Waals surface area contributed by atoms with Gasteiger partial charge in [-0.1, -0.05) is 6.07 Å². The number of fused-ring (bicyclic) bond motifs is 1. The molecule has 0 aromatic carbocycles. The molecule has 22 heavy (non-hydrogen) atoms. The summed E-state index contributed by atoms with van der Waals surface area (Å²) in [5.74, 6) is -0.0916. The number of hydrogen-bond donors (Lipinski definition) is 1. The molecule has 3 aromatic heterocycles. The molecular formula is C14H13N7O. The molecule has 3 aromatic rings. The van der Waals surface area contributed by atoms with E-state index in [0.29, 0.717) is 5.78 Å². The highest BCUT2D eigenvalue weighted by Gasteiger charge is 2.14. The van der Waals surface area contributed by atoms with Crippen LogP contribution in [-0.2, 0) is 0 Å². The number of aromatic nitrogens is 5. The second kappa shape index (κ2) is 5.68. The predicted molar refractivity (Wildman–Crippen MR) is 79.6 cm³/mol. The van der Waals surface area contributed by atoms with Crippen LogP contribution < -0.4 is 5.43 Å². The lowest BCUT2D eigenvalue weighted by Gasteiger charge is -1.97. The second-order valence-corrected chi connectivity index (χ2v) is 4.67. The molecule has 0 aliphatic rings. The first-order valence-electron chi connectivity index (χ1n) is 6.58. The molecule has 0 unspecified atom stereocenters. The molecular weight excluding hydrogens is 282 g/mol. The Labute approximate surface area is 125 Å². The van der Waals surface area contributed by atoms with E-state index in [2.05, 4.69) is 30.6 Å². The van der Waals surface area contributed by atoms with E-state index in [0.717, 1.165) is 17.0 Å². The Hall–Kier alpha value is -3.16. The largest absolute Gasteiger partial charge is 0.311 e. The molecule has 0 radical (unpaired) electrons. The Kier molecular flexibility index (Phi) is 3.57. The molecule has 0 atom stereocenters. The number of carbonyl (C=O) groups is 1. The van der Waals surface area contributed by atoms with Crippen LogP contribution in [0.4, 0.5) is 0 Å². The number of nitrogens with zero attached hydrogens (tertiary/aromatic N) is 6. The van der Waals surface area contributed by atoms with E-state index < -0.39 is 5.91 Å². The maximum Gasteiger partial charge on any atom is 0.311 e. The molecule has 3 rings (SSSR count). The fourth-order valence-corrected chi connectivity index (χ4v) is 1.93. The van der Waals surface area contributed by atoms with Crippen LogP contribution in [0.1, 0.15) is 27.6 Å². The standard InChI is InChI=1S/C14H13N7O/c1-9-6-10(2)21-14(17-9)18-12(20-21)13(22)19-16-8-11-4-3-5-15-7-11/h3-8H,1-2H3,(H,19,22)/b16-8+. The van der Waals surface area contributed by atoms with Gasteiger partial charge in [0.2, 0.25) is 5.82 Å². The average molecular weight is 295 g/mol. The molecule has 3 heterocycles. The molecule has 0 aliphatic heterocycles. The Morgan fingerprint density at radius 2 is 2.23 bits per heavy atom. The first kappa shape index (κ1) is 13.8. The molecule has 0 saturated carbocycles. The third-order valence-corrected chi connectivity index (χ3v) is 2.89. The zero-order chi connectivity index (χ0) is 15.5. The SMILES string of the molecule is Cc1cc(C)n2nc(C(=O)N/N=C/c3cccnc3)nc2n1. The van der Waals surface area contributed by atoms with Gasteiger partial charge in [0.05, 0.1) is 6.21 Å². The van der Waals surface area contributed by atoms with Crippen molar-refractivity contribution in [3.63, 3.8) is 0 Å². The van der Waals surface area contributed by atoms with Gasteiger partial charge in [0, 0.05) is 29.3 Å². The predicted octanol–water partition coefficient (Wildman–Crippen LogP) is 0.900. The molecule has 8 nitrogen and oxygen atoms in total. The number of amides is 1. The maximum absolute atomic E-state index is 12.0. The minimum absolute atomic E-state index is 0.0181. The quantitative estimate of drug-likeness (QED) is 0.572. The molecule has 8 heteroatoms. The summed E-state index contributed by atoms with van der Waals surface area (Å²) in [5, 5.41) is 7.98. The van der Waals surface area contributed by atoms with Gasteiger partial charge in [0.25, 0.3) is 5.78 Å². The van der Waals surface area contributed by atoms with E-state index in [1.807, 2.05) is 26.0 Å². The van der Waals surface area contributed by atoms with Gasteiger partial charge < -0.3 is 0 Å². The van der Waals surface area contributed by atoms with E-state index >= 15 is 0 Å². The monoisotopic (exact) mass is 295 g/mol. The van der Waals surface area contributed by atoms with Gasteiger partial charge in [0.1, 0.15) is 0 Å². The zero-order valence-electron chi connectivity index (χ0n) is 12.1. The molecule has 0 spiro atoms. The zero-order valence-corrected chi connectivity index (χ0v) is 12.1. The van der Waals surface area contributed by atoms with Crippen molar-refractivity contribution in [1.29, 1.82) is 0 Å².